The lowest BCUT2D eigenvalue weighted by molar-refractivity contribution is -0.123. The highest BCUT2D eigenvalue weighted by Gasteiger charge is 2.68. The van der Waals surface area contributed by atoms with Crippen molar-refractivity contribution in [3.8, 4) is 0 Å². The van der Waals surface area contributed by atoms with Crippen LogP contribution in [-0.2, 0) is 14.6 Å². The molecule has 1 saturated carbocycles. The largest absolute Gasteiger partial charge is 0.390 e. The summed E-state index contributed by atoms with van der Waals surface area (Å²) in [6.45, 7) is 8.10. The summed E-state index contributed by atoms with van der Waals surface area (Å²) in [7, 11) is -3.50. The molecule has 1 atom stereocenters. The van der Waals surface area contributed by atoms with Crippen LogP contribution in [0.25, 0.3) is 0 Å². The molecule has 1 aromatic rings. The molecule has 1 amide bonds. The number of nitrogens with one attached hydrogen (secondary N) is 1. The van der Waals surface area contributed by atoms with Gasteiger partial charge in [0.2, 0.25) is 5.91 Å². The first-order valence-electron chi connectivity index (χ1n) is 7.22. The van der Waals surface area contributed by atoms with E-state index in [4.69, 9.17) is 0 Å². The number of aliphatic hydroxyl groups excluding tert-OH is 1. The van der Waals surface area contributed by atoms with Crippen molar-refractivity contribution in [2.24, 2.45) is 16.7 Å². The molecule has 5 nitrogen and oxygen atoms in total. The lowest BCUT2D eigenvalue weighted by Crippen LogP contribution is -2.37. The second-order valence-electron chi connectivity index (χ2n) is 6.99. The molecule has 7 heteroatoms. The van der Waals surface area contributed by atoms with Gasteiger partial charge in [-0.05, 0) is 22.3 Å². The van der Waals surface area contributed by atoms with Crippen LogP contribution in [0.15, 0.2) is 21.7 Å². The fraction of sp³-hybridized carbons (Fsp3) is 0.667. The number of sulfone groups is 1. The van der Waals surface area contributed by atoms with E-state index in [1.807, 2.05) is 27.7 Å². The Morgan fingerprint density at radius 2 is 1.95 bits per heavy atom. The molecule has 0 aliphatic heterocycles. The van der Waals surface area contributed by atoms with Gasteiger partial charge in [-0.15, -0.1) is 11.3 Å². The minimum atomic E-state index is -3.50. The Labute approximate surface area is 135 Å². The van der Waals surface area contributed by atoms with Crippen molar-refractivity contribution in [2.75, 3.05) is 12.3 Å². The van der Waals surface area contributed by atoms with Gasteiger partial charge in [0.25, 0.3) is 0 Å². The van der Waals surface area contributed by atoms with Crippen molar-refractivity contribution in [1.29, 1.82) is 0 Å². The van der Waals surface area contributed by atoms with Gasteiger partial charge in [-0.25, -0.2) is 8.42 Å². The monoisotopic (exact) mass is 345 g/mol. The van der Waals surface area contributed by atoms with Gasteiger partial charge in [-0.2, -0.15) is 0 Å². The average molecular weight is 345 g/mol. The molecule has 1 aliphatic rings. The Morgan fingerprint density at radius 3 is 2.41 bits per heavy atom. The van der Waals surface area contributed by atoms with Gasteiger partial charge in [0.05, 0.1) is 11.9 Å². The predicted octanol–water partition coefficient (Wildman–Crippen LogP) is 1.68. The summed E-state index contributed by atoms with van der Waals surface area (Å²) in [4.78, 5) is 12.2. The summed E-state index contributed by atoms with van der Waals surface area (Å²) in [5, 5.41) is 14.3. The van der Waals surface area contributed by atoms with Crippen LogP contribution in [0.2, 0.25) is 0 Å². The molecule has 0 bridgehead atoms. The lowest BCUT2D eigenvalue weighted by Gasteiger charge is -2.12. The van der Waals surface area contributed by atoms with E-state index in [-0.39, 0.29) is 39.2 Å². The number of carbonyl (C=O) groups excluding carboxylic acids is 1. The number of thiophene rings is 1. The maximum atomic E-state index is 12.2. The summed E-state index contributed by atoms with van der Waals surface area (Å²) in [5.74, 6) is -0.616. The van der Waals surface area contributed by atoms with Gasteiger partial charge in [0, 0.05) is 12.5 Å². The Kier molecular flexibility index (Phi) is 4.45. The quantitative estimate of drug-likeness (QED) is 0.822. The Morgan fingerprint density at radius 1 is 1.36 bits per heavy atom. The zero-order valence-corrected chi connectivity index (χ0v) is 14.9. The van der Waals surface area contributed by atoms with E-state index in [1.54, 1.807) is 11.4 Å². The highest BCUT2D eigenvalue weighted by atomic mass is 32.2. The summed E-state index contributed by atoms with van der Waals surface area (Å²) in [6.07, 6.45) is -1.11. The first-order valence-corrected chi connectivity index (χ1v) is 9.75. The number of amides is 1. The summed E-state index contributed by atoms with van der Waals surface area (Å²) in [6, 6.07) is 3.17. The molecule has 1 aliphatic carbocycles. The molecular weight excluding hydrogens is 322 g/mol. The molecule has 0 unspecified atom stereocenters. The second-order valence-corrected chi connectivity index (χ2v) is 10.2. The molecule has 2 rings (SSSR count). The molecule has 22 heavy (non-hydrogen) atoms. The highest BCUT2D eigenvalue weighted by molar-refractivity contribution is 7.93. The zero-order valence-electron chi connectivity index (χ0n) is 13.3. The van der Waals surface area contributed by atoms with Crippen LogP contribution in [0.4, 0.5) is 0 Å². The minimum absolute atomic E-state index is 0.0495. The van der Waals surface area contributed by atoms with Crippen molar-refractivity contribution < 1.29 is 18.3 Å². The fourth-order valence-electron chi connectivity index (χ4n) is 3.01. The number of carbonyl (C=O) groups is 1. The average Bonchev–Trinajstić information content (AvgIpc) is 2.79. The standard InChI is InChI=1S/C15H23NO4S2/c1-14(2)12(15(14,3)4)13(18)16-8-10(17)9-22(19,20)11-6-5-7-21-11/h5-7,10,12,17H,8-9H2,1-4H3,(H,16,18)/t10-/m0/s1. The van der Waals surface area contributed by atoms with Crippen molar-refractivity contribution in [1.82, 2.24) is 5.32 Å². The first kappa shape index (κ1) is 17.4. The van der Waals surface area contributed by atoms with E-state index < -0.39 is 15.9 Å². The zero-order chi connectivity index (χ0) is 16.8. The van der Waals surface area contributed by atoms with Crippen molar-refractivity contribution in [2.45, 2.75) is 38.0 Å². The second kappa shape index (κ2) is 5.62. The summed E-state index contributed by atoms with van der Waals surface area (Å²) >= 11 is 1.12. The molecule has 1 fully saturated rings. The molecule has 1 aromatic heterocycles. The van der Waals surface area contributed by atoms with Gasteiger partial charge >= 0.3 is 0 Å². The normalized spacial score (nSPS) is 21.3. The number of aliphatic hydroxyl groups is 1. The first-order chi connectivity index (χ1) is 10.00. The molecule has 2 N–H and O–H groups in total. The van der Waals surface area contributed by atoms with Crippen LogP contribution in [0, 0.1) is 16.7 Å². The van der Waals surface area contributed by atoms with E-state index in [0.717, 1.165) is 11.3 Å². The Balaban J connectivity index is 1.87. The molecule has 124 valence electrons. The van der Waals surface area contributed by atoms with E-state index >= 15 is 0 Å². The molecule has 0 aromatic carbocycles. The van der Waals surface area contributed by atoms with Crippen molar-refractivity contribution >= 4 is 27.1 Å². The van der Waals surface area contributed by atoms with E-state index in [0.29, 0.717) is 0 Å². The molecule has 0 saturated heterocycles. The topological polar surface area (TPSA) is 83.5 Å². The number of hydrogen-bond donors (Lipinski definition) is 2. The van der Waals surface area contributed by atoms with Crippen LogP contribution in [-0.4, -0.2) is 37.8 Å². The van der Waals surface area contributed by atoms with E-state index in [1.165, 1.54) is 6.07 Å². The van der Waals surface area contributed by atoms with Crippen LogP contribution in [0.1, 0.15) is 27.7 Å². The smallest absolute Gasteiger partial charge is 0.224 e. The molecule has 1 heterocycles. The van der Waals surface area contributed by atoms with Gasteiger partial charge < -0.3 is 10.4 Å². The van der Waals surface area contributed by atoms with Crippen molar-refractivity contribution in [3.05, 3.63) is 17.5 Å². The van der Waals surface area contributed by atoms with Crippen LogP contribution in [0.3, 0.4) is 0 Å². The third kappa shape index (κ3) is 3.07. The van der Waals surface area contributed by atoms with Gasteiger partial charge in [0.15, 0.2) is 9.84 Å². The maximum Gasteiger partial charge on any atom is 0.224 e. The summed E-state index contributed by atoms with van der Waals surface area (Å²) < 4.78 is 24.3. The van der Waals surface area contributed by atoms with Crippen LogP contribution in [0.5, 0.6) is 0 Å². The maximum absolute atomic E-state index is 12.2. The fourth-order valence-corrected chi connectivity index (χ4v) is 5.49. The SMILES string of the molecule is CC1(C)C(C(=O)NC[C@H](O)CS(=O)(=O)c2cccs2)C1(C)C. The molecule has 0 radical (unpaired) electrons. The summed E-state index contributed by atoms with van der Waals surface area (Å²) in [5.41, 5.74) is -0.157. The molecular formula is C15H23NO4S2. The third-order valence-corrected chi connectivity index (χ3v) is 8.29. The minimum Gasteiger partial charge on any atom is -0.390 e. The lowest BCUT2D eigenvalue weighted by atomic mass is 10.0. The van der Waals surface area contributed by atoms with Gasteiger partial charge in [-0.3, -0.25) is 4.79 Å². The van der Waals surface area contributed by atoms with E-state index in [2.05, 4.69) is 5.32 Å². The van der Waals surface area contributed by atoms with Gasteiger partial charge in [0.1, 0.15) is 4.21 Å². The van der Waals surface area contributed by atoms with Gasteiger partial charge in [-0.1, -0.05) is 33.8 Å². The van der Waals surface area contributed by atoms with Crippen LogP contribution >= 0.6 is 11.3 Å². The van der Waals surface area contributed by atoms with Crippen LogP contribution < -0.4 is 5.32 Å². The third-order valence-electron chi connectivity index (χ3n) is 5.01. The number of hydrogen-bond acceptors (Lipinski definition) is 5. The Bertz CT molecular complexity index is 633. The molecule has 0 spiro atoms. The predicted molar refractivity (Wildman–Crippen MR) is 86.4 cm³/mol. The van der Waals surface area contributed by atoms with E-state index in [9.17, 15) is 18.3 Å². The highest BCUT2D eigenvalue weighted by Crippen LogP contribution is 2.68. The van der Waals surface area contributed by atoms with Crippen molar-refractivity contribution in [3.63, 3.8) is 0 Å². The number of rotatable bonds is 6. The Hall–Kier alpha value is -0.920.